The summed E-state index contributed by atoms with van der Waals surface area (Å²) in [7, 11) is 5.22. The van der Waals surface area contributed by atoms with Gasteiger partial charge in [0, 0.05) is 6.54 Å². The zero-order valence-electron chi connectivity index (χ0n) is 11.3. The molecule has 0 spiro atoms. The van der Waals surface area contributed by atoms with Gasteiger partial charge in [0.2, 0.25) is 5.75 Å². The third-order valence-electron chi connectivity index (χ3n) is 3.06. The first-order valence-corrected chi connectivity index (χ1v) is 6.30. The molecule has 0 saturated heterocycles. The standard InChI is InChI=1S/C14H21NO3/c1-15-8-11-6-12(16-2)14(13(7-11)17-3)18-9-10-4-5-10/h6-7,10,15H,4-5,8-9H2,1-3H3. The molecule has 1 aliphatic rings. The minimum Gasteiger partial charge on any atom is -0.493 e. The lowest BCUT2D eigenvalue weighted by molar-refractivity contribution is 0.263. The molecule has 2 rings (SSSR count). The minimum absolute atomic E-state index is 0.705. The van der Waals surface area contributed by atoms with Crippen LogP contribution in [-0.2, 0) is 6.54 Å². The van der Waals surface area contributed by atoms with Crippen LogP contribution in [0.2, 0.25) is 0 Å². The Kier molecular flexibility index (Phi) is 4.31. The lowest BCUT2D eigenvalue weighted by Gasteiger charge is -2.16. The van der Waals surface area contributed by atoms with Crippen LogP contribution in [0.15, 0.2) is 12.1 Å². The Labute approximate surface area is 108 Å². The summed E-state index contributed by atoms with van der Waals surface area (Å²) in [5, 5.41) is 3.11. The average molecular weight is 251 g/mol. The summed E-state index contributed by atoms with van der Waals surface area (Å²) >= 11 is 0. The lowest BCUT2D eigenvalue weighted by atomic mass is 10.2. The normalized spacial score (nSPS) is 14.4. The Balaban J connectivity index is 2.22. The number of hydrogen-bond donors (Lipinski definition) is 1. The molecule has 0 aliphatic heterocycles. The Morgan fingerprint density at radius 3 is 2.22 bits per heavy atom. The van der Waals surface area contributed by atoms with Gasteiger partial charge in [-0.3, -0.25) is 0 Å². The van der Waals surface area contributed by atoms with E-state index in [9.17, 15) is 0 Å². The lowest BCUT2D eigenvalue weighted by Crippen LogP contribution is -2.07. The summed E-state index contributed by atoms with van der Waals surface area (Å²) in [6.07, 6.45) is 2.53. The summed E-state index contributed by atoms with van der Waals surface area (Å²) in [6, 6.07) is 3.97. The van der Waals surface area contributed by atoms with E-state index in [0.717, 1.165) is 30.2 Å². The fourth-order valence-electron chi connectivity index (χ4n) is 1.87. The third kappa shape index (κ3) is 3.07. The monoisotopic (exact) mass is 251 g/mol. The molecular formula is C14H21NO3. The second-order valence-electron chi connectivity index (χ2n) is 4.61. The van der Waals surface area contributed by atoms with Crippen LogP contribution in [0.5, 0.6) is 17.2 Å². The highest BCUT2D eigenvalue weighted by Gasteiger charge is 2.24. The second kappa shape index (κ2) is 5.96. The van der Waals surface area contributed by atoms with E-state index in [0.29, 0.717) is 11.7 Å². The molecule has 0 radical (unpaired) electrons. The number of benzene rings is 1. The van der Waals surface area contributed by atoms with E-state index in [-0.39, 0.29) is 0 Å². The topological polar surface area (TPSA) is 39.7 Å². The first-order valence-electron chi connectivity index (χ1n) is 6.30. The smallest absolute Gasteiger partial charge is 0.203 e. The van der Waals surface area contributed by atoms with Crippen LogP contribution in [0.3, 0.4) is 0 Å². The molecule has 1 fully saturated rings. The van der Waals surface area contributed by atoms with Crippen molar-refractivity contribution in [3.63, 3.8) is 0 Å². The predicted octanol–water partition coefficient (Wildman–Crippen LogP) is 2.21. The number of hydrogen-bond acceptors (Lipinski definition) is 4. The molecule has 1 aromatic rings. The van der Waals surface area contributed by atoms with Gasteiger partial charge in [0.1, 0.15) is 0 Å². The van der Waals surface area contributed by atoms with Gasteiger partial charge >= 0.3 is 0 Å². The molecule has 0 bridgehead atoms. The van der Waals surface area contributed by atoms with E-state index >= 15 is 0 Å². The largest absolute Gasteiger partial charge is 0.493 e. The van der Waals surface area contributed by atoms with Gasteiger partial charge in [-0.2, -0.15) is 0 Å². The zero-order chi connectivity index (χ0) is 13.0. The van der Waals surface area contributed by atoms with Gasteiger partial charge in [0.15, 0.2) is 11.5 Å². The summed E-state index contributed by atoms with van der Waals surface area (Å²) in [6.45, 7) is 1.52. The van der Waals surface area contributed by atoms with E-state index in [4.69, 9.17) is 14.2 Å². The second-order valence-corrected chi connectivity index (χ2v) is 4.61. The minimum atomic E-state index is 0.705. The molecule has 1 saturated carbocycles. The molecule has 0 heterocycles. The van der Waals surface area contributed by atoms with Crippen molar-refractivity contribution in [2.45, 2.75) is 19.4 Å². The van der Waals surface area contributed by atoms with Crippen molar-refractivity contribution in [2.75, 3.05) is 27.9 Å². The number of ether oxygens (including phenoxy) is 3. The first-order chi connectivity index (χ1) is 8.78. The zero-order valence-corrected chi connectivity index (χ0v) is 11.3. The van der Waals surface area contributed by atoms with E-state index in [2.05, 4.69) is 5.32 Å². The molecule has 4 heteroatoms. The number of nitrogens with one attached hydrogen (secondary N) is 1. The van der Waals surface area contributed by atoms with Gasteiger partial charge in [-0.25, -0.2) is 0 Å². The molecular weight excluding hydrogens is 230 g/mol. The van der Waals surface area contributed by atoms with Gasteiger partial charge in [0.05, 0.1) is 20.8 Å². The van der Waals surface area contributed by atoms with Gasteiger partial charge < -0.3 is 19.5 Å². The van der Waals surface area contributed by atoms with Crippen LogP contribution in [0.4, 0.5) is 0 Å². The van der Waals surface area contributed by atoms with Gasteiger partial charge in [0.25, 0.3) is 0 Å². The molecule has 1 aromatic carbocycles. The Hall–Kier alpha value is -1.42. The van der Waals surface area contributed by atoms with Crippen molar-refractivity contribution >= 4 is 0 Å². The molecule has 1 N–H and O–H groups in total. The quantitative estimate of drug-likeness (QED) is 0.806. The van der Waals surface area contributed by atoms with Crippen molar-refractivity contribution in [3.05, 3.63) is 17.7 Å². The Morgan fingerprint density at radius 1 is 1.17 bits per heavy atom. The SMILES string of the molecule is CNCc1cc(OC)c(OCC2CC2)c(OC)c1. The van der Waals surface area contributed by atoms with Crippen molar-refractivity contribution in [1.82, 2.24) is 5.32 Å². The van der Waals surface area contributed by atoms with Gasteiger partial charge in [-0.1, -0.05) is 0 Å². The van der Waals surface area contributed by atoms with Gasteiger partial charge in [-0.05, 0) is 43.5 Å². The maximum atomic E-state index is 5.84. The van der Waals surface area contributed by atoms with Crippen molar-refractivity contribution < 1.29 is 14.2 Å². The maximum Gasteiger partial charge on any atom is 0.203 e. The number of rotatable bonds is 7. The molecule has 1 aliphatic carbocycles. The highest BCUT2D eigenvalue weighted by Crippen LogP contribution is 2.40. The first kappa shape index (κ1) is 13.0. The highest BCUT2D eigenvalue weighted by molar-refractivity contribution is 5.53. The molecule has 100 valence electrons. The van der Waals surface area contributed by atoms with E-state index in [1.807, 2.05) is 19.2 Å². The summed E-state index contributed by atoms with van der Waals surface area (Å²) in [5.41, 5.74) is 1.12. The third-order valence-corrected chi connectivity index (χ3v) is 3.06. The Bertz CT molecular complexity index is 377. The molecule has 0 amide bonds. The molecule has 0 unspecified atom stereocenters. The van der Waals surface area contributed by atoms with Crippen LogP contribution >= 0.6 is 0 Å². The summed E-state index contributed by atoms with van der Waals surface area (Å²) in [4.78, 5) is 0. The molecule has 0 aromatic heterocycles. The summed E-state index contributed by atoms with van der Waals surface area (Å²) < 4.78 is 16.6. The van der Waals surface area contributed by atoms with Crippen LogP contribution in [-0.4, -0.2) is 27.9 Å². The fraction of sp³-hybridized carbons (Fsp3) is 0.571. The molecule has 0 atom stereocenters. The molecule has 4 nitrogen and oxygen atoms in total. The van der Waals surface area contributed by atoms with E-state index < -0.39 is 0 Å². The fourth-order valence-corrected chi connectivity index (χ4v) is 1.87. The van der Waals surface area contributed by atoms with Crippen molar-refractivity contribution in [2.24, 2.45) is 5.92 Å². The van der Waals surface area contributed by atoms with E-state index in [1.165, 1.54) is 12.8 Å². The van der Waals surface area contributed by atoms with Crippen LogP contribution in [0, 0.1) is 5.92 Å². The highest BCUT2D eigenvalue weighted by atomic mass is 16.5. The van der Waals surface area contributed by atoms with Crippen molar-refractivity contribution in [3.8, 4) is 17.2 Å². The summed E-state index contributed by atoms with van der Waals surface area (Å²) in [5.74, 6) is 2.89. The van der Waals surface area contributed by atoms with E-state index in [1.54, 1.807) is 14.2 Å². The Morgan fingerprint density at radius 2 is 1.78 bits per heavy atom. The van der Waals surface area contributed by atoms with Crippen LogP contribution < -0.4 is 19.5 Å². The van der Waals surface area contributed by atoms with Crippen LogP contribution in [0.1, 0.15) is 18.4 Å². The van der Waals surface area contributed by atoms with Gasteiger partial charge in [-0.15, -0.1) is 0 Å². The average Bonchev–Trinajstić information content (AvgIpc) is 3.20. The predicted molar refractivity (Wildman–Crippen MR) is 70.5 cm³/mol. The van der Waals surface area contributed by atoms with Crippen LogP contribution in [0.25, 0.3) is 0 Å². The maximum absolute atomic E-state index is 5.84. The molecule has 18 heavy (non-hydrogen) atoms. The number of methoxy groups -OCH3 is 2. The van der Waals surface area contributed by atoms with Crippen molar-refractivity contribution in [1.29, 1.82) is 0 Å².